The first-order valence-electron chi connectivity index (χ1n) is 7.15. The molecule has 2 heterocycles. The van der Waals surface area contributed by atoms with E-state index in [1.54, 1.807) is 7.11 Å². The normalized spacial score (nSPS) is 17.8. The van der Waals surface area contributed by atoms with Gasteiger partial charge in [0.25, 0.3) is 0 Å². The van der Waals surface area contributed by atoms with Gasteiger partial charge in [0.1, 0.15) is 10.8 Å². The minimum absolute atomic E-state index is 0.0598. The van der Waals surface area contributed by atoms with Crippen LogP contribution in [0, 0.1) is 0 Å². The van der Waals surface area contributed by atoms with Crippen molar-refractivity contribution in [2.75, 3.05) is 20.3 Å². The molecule has 1 aliphatic rings. The zero-order valence-electron chi connectivity index (χ0n) is 12.5. The molecule has 0 radical (unpaired) electrons. The van der Waals surface area contributed by atoms with Crippen LogP contribution in [0.1, 0.15) is 18.7 Å². The van der Waals surface area contributed by atoms with E-state index in [-0.39, 0.29) is 5.92 Å². The van der Waals surface area contributed by atoms with Gasteiger partial charge in [-0.15, -0.1) is 0 Å². The van der Waals surface area contributed by atoms with E-state index in [1.807, 2.05) is 25.1 Å². The summed E-state index contributed by atoms with van der Waals surface area (Å²) in [6, 6.07) is 5.71. The SMILES string of the molecule is CCOc1cc(-c2nc([C@@H]3COB(O)C3)ns2)ccc1OC. The van der Waals surface area contributed by atoms with Crippen molar-refractivity contribution in [1.29, 1.82) is 0 Å². The molecule has 1 atom stereocenters. The van der Waals surface area contributed by atoms with Crippen LogP contribution in [-0.4, -0.2) is 41.8 Å². The maximum absolute atomic E-state index is 9.43. The van der Waals surface area contributed by atoms with Gasteiger partial charge in [0, 0.05) is 18.1 Å². The topological polar surface area (TPSA) is 73.7 Å². The number of nitrogens with zero attached hydrogens (tertiary/aromatic N) is 2. The van der Waals surface area contributed by atoms with E-state index in [2.05, 4.69) is 9.36 Å². The van der Waals surface area contributed by atoms with Crippen LogP contribution in [0.4, 0.5) is 0 Å². The smallest absolute Gasteiger partial charge is 0.454 e. The molecule has 8 heteroatoms. The molecule has 1 N–H and O–H groups in total. The van der Waals surface area contributed by atoms with E-state index < -0.39 is 7.12 Å². The van der Waals surface area contributed by atoms with Crippen molar-refractivity contribution in [2.24, 2.45) is 0 Å². The first-order valence-corrected chi connectivity index (χ1v) is 7.93. The molecule has 1 aromatic heterocycles. The molecule has 0 bridgehead atoms. The number of rotatable bonds is 5. The van der Waals surface area contributed by atoms with Crippen molar-refractivity contribution in [3.8, 4) is 22.1 Å². The first-order chi connectivity index (χ1) is 10.7. The largest absolute Gasteiger partial charge is 0.493 e. The summed E-state index contributed by atoms with van der Waals surface area (Å²) < 4.78 is 20.4. The fourth-order valence-corrected chi connectivity index (χ4v) is 3.12. The second-order valence-electron chi connectivity index (χ2n) is 4.98. The zero-order valence-corrected chi connectivity index (χ0v) is 13.3. The van der Waals surface area contributed by atoms with Crippen molar-refractivity contribution in [3.05, 3.63) is 24.0 Å². The Morgan fingerprint density at radius 2 is 2.32 bits per heavy atom. The monoisotopic (exact) mass is 320 g/mol. The van der Waals surface area contributed by atoms with Gasteiger partial charge in [-0.25, -0.2) is 4.98 Å². The van der Waals surface area contributed by atoms with Gasteiger partial charge < -0.3 is 19.2 Å². The third kappa shape index (κ3) is 3.09. The quantitative estimate of drug-likeness (QED) is 0.852. The number of hydrogen-bond donors (Lipinski definition) is 1. The van der Waals surface area contributed by atoms with Crippen LogP contribution in [0.3, 0.4) is 0 Å². The highest BCUT2D eigenvalue weighted by Crippen LogP contribution is 2.35. The Kier molecular flexibility index (Phi) is 4.61. The standard InChI is InChI=1S/C14H17BN2O4S/c1-3-20-12-6-9(4-5-11(12)19-2)14-16-13(17-22-14)10-7-15(18)21-8-10/h4-6,10,18H,3,7-8H2,1-2H3/t10-/m0/s1. The number of aromatic nitrogens is 2. The summed E-state index contributed by atoms with van der Waals surface area (Å²) >= 11 is 1.34. The Labute approximate surface area is 133 Å². The molecular formula is C14H17BN2O4S. The van der Waals surface area contributed by atoms with Crippen LogP contribution in [-0.2, 0) is 4.65 Å². The molecule has 0 aliphatic carbocycles. The Morgan fingerprint density at radius 3 is 3.00 bits per heavy atom. The summed E-state index contributed by atoms with van der Waals surface area (Å²) in [5.74, 6) is 2.18. The predicted molar refractivity (Wildman–Crippen MR) is 84.5 cm³/mol. The molecule has 1 saturated heterocycles. The molecule has 1 fully saturated rings. The van der Waals surface area contributed by atoms with Gasteiger partial charge in [0.05, 0.1) is 13.7 Å². The molecule has 0 saturated carbocycles. The van der Waals surface area contributed by atoms with Gasteiger partial charge in [0.15, 0.2) is 11.5 Å². The van der Waals surface area contributed by atoms with Gasteiger partial charge in [0.2, 0.25) is 0 Å². The van der Waals surface area contributed by atoms with Crippen LogP contribution in [0.5, 0.6) is 11.5 Å². The van der Waals surface area contributed by atoms with Gasteiger partial charge >= 0.3 is 7.12 Å². The van der Waals surface area contributed by atoms with Gasteiger partial charge in [-0.1, -0.05) is 0 Å². The van der Waals surface area contributed by atoms with Crippen molar-refractivity contribution < 1.29 is 19.2 Å². The summed E-state index contributed by atoms with van der Waals surface area (Å²) in [6.45, 7) is 2.96. The third-order valence-electron chi connectivity index (χ3n) is 3.49. The lowest BCUT2D eigenvalue weighted by atomic mass is 9.82. The van der Waals surface area contributed by atoms with E-state index in [0.29, 0.717) is 31.0 Å². The molecule has 22 heavy (non-hydrogen) atoms. The fourth-order valence-electron chi connectivity index (χ4n) is 2.38. The van der Waals surface area contributed by atoms with Crippen molar-refractivity contribution in [3.63, 3.8) is 0 Å². The second kappa shape index (κ2) is 6.64. The Morgan fingerprint density at radius 1 is 1.45 bits per heavy atom. The van der Waals surface area contributed by atoms with E-state index in [9.17, 15) is 5.02 Å². The summed E-state index contributed by atoms with van der Waals surface area (Å²) in [4.78, 5) is 4.57. The molecular weight excluding hydrogens is 303 g/mol. The highest BCUT2D eigenvalue weighted by atomic mass is 32.1. The van der Waals surface area contributed by atoms with Gasteiger partial charge in [-0.2, -0.15) is 4.37 Å². The van der Waals surface area contributed by atoms with Crippen molar-refractivity contribution in [2.45, 2.75) is 19.2 Å². The van der Waals surface area contributed by atoms with E-state index in [4.69, 9.17) is 14.1 Å². The number of benzene rings is 1. The van der Waals surface area contributed by atoms with Gasteiger partial charge in [-0.3, -0.25) is 0 Å². The van der Waals surface area contributed by atoms with E-state index >= 15 is 0 Å². The van der Waals surface area contributed by atoms with Gasteiger partial charge in [-0.05, 0) is 43.0 Å². The molecule has 1 aromatic carbocycles. The van der Waals surface area contributed by atoms with Crippen molar-refractivity contribution in [1.82, 2.24) is 9.36 Å². The average Bonchev–Trinajstić information content (AvgIpc) is 3.16. The lowest BCUT2D eigenvalue weighted by Gasteiger charge is -2.09. The maximum atomic E-state index is 9.43. The Balaban J connectivity index is 1.85. The fraction of sp³-hybridized carbons (Fsp3) is 0.429. The van der Waals surface area contributed by atoms with Crippen LogP contribution in [0.25, 0.3) is 10.6 Å². The van der Waals surface area contributed by atoms with E-state index in [0.717, 1.165) is 16.4 Å². The molecule has 0 amide bonds. The molecule has 2 aromatic rings. The zero-order chi connectivity index (χ0) is 15.5. The summed E-state index contributed by atoms with van der Waals surface area (Å²) in [5.41, 5.74) is 0.937. The number of methoxy groups -OCH3 is 1. The highest BCUT2D eigenvalue weighted by Gasteiger charge is 2.32. The maximum Gasteiger partial charge on any atom is 0.454 e. The number of hydrogen-bond acceptors (Lipinski definition) is 7. The molecule has 1 aliphatic heterocycles. The second-order valence-corrected chi connectivity index (χ2v) is 5.73. The van der Waals surface area contributed by atoms with E-state index in [1.165, 1.54) is 11.5 Å². The average molecular weight is 320 g/mol. The lowest BCUT2D eigenvalue weighted by molar-refractivity contribution is 0.290. The first kappa shape index (κ1) is 15.3. The van der Waals surface area contributed by atoms with Crippen LogP contribution in [0.2, 0.25) is 6.32 Å². The van der Waals surface area contributed by atoms with Crippen LogP contribution in [0.15, 0.2) is 18.2 Å². The molecule has 3 rings (SSSR count). The molecule has 0 unspecified atom stereocenters. The summed E-state index contributed by atoms with van der Waals surface area (Å²) in [5, 5.41) is 10.3. The lowest BCUT2D eigenvalue weighted by Crippen LogP contribution is -2.07. The Bertz CT molecular complexity index is 652. The molecule has 6 nitrogen and oxygen atoms in total. The summed E-state index contributed by atoms with van der Waals surface area (Å²) in [6.07, 6.45) is 0.545. The number of ether oxygens (including phenoxy) is 2. The van der Waals surface area contributed by atoms with Crippen molar-refractivity contribution >= 4 is 18.7 Å². The van der Waals surface area contributed by atoms with Crippen LogP contribution >= 0.6 is 11.5 Å². The molecule has 116 valence electrons. The summed E-state index contributed by atoms with van der Waals surface area (Å²) in [7, 11) is 0.911. The van der Waals surface area contributed by atoms with Crippen LogP contribution < -0.4 is 9.47 Å². The Hall–Kier alpha value is -1.64. The highest BCUT2D eigenvalue weighted by molar-refractivity contribution is 7.09. The molecule has 0 spiro atoms. The predicted octanol–water partition coefficient (Wildman–Crippen LogP) is 2.21. The minimum atomic E-state index is -0.706. The third-order valence-corrected chi connectivity index (χ3v) is 4.27. The minimum Gasteiger partial charge on any atom is -0.493 e.